The summed E-state index contributed by atoms with van der Waals surface area (Å²) in [5, 5.41) is 54.3. The average Bonchev–Trinajstić information content (AvgIpc) is 1.58. The number of benzene rings is 6. The van der Waals surface area contributed by atoms with Crippen LogP contribution in [0.15, 0.2) is 158 Å². The van der Waals surface area contributed by atoms with Crippen molar-refractivity contribution < 1.29 is 33.2 Å². The van der Waals surface area contributed by atoms with Crippen LogP contribution < -0.4 is 48.9 Å². The molecule has 138 heavy (non-hydrogen) atoms. The monoisotopic (exact) mass is 1880 g/mol. The number of morpholine rings is 1. The van der Waals surface area contributed by atoms with E-state index in [0.717, 1.165) is 254 Å². The molecule has 15 aromatic rings. The molecular formula is C112H135ClN18O7. The molecule has 2 atom stereocenters. The van der Waals surface area contributed by atoms with E-state index in [1.54, 1.807) is 26.6 Å². The number of rotatable bonds is 26. The molecule has 6 aromatic carbocycles. The van der Waals surface area contributed by atoms with Crippen LogP contribution >= 0.6 is 11.6 Å². The number of nitrogens with zero attached hydrogens (tertiary/aromatic N) is 16. The van der Waals surface area contributed by atoms with Crippen molar-refractivity contribution in [3.63, 3.8) is 0 Å². The lowest BCUT2D eigenvalue weighted by atomic mass is 9.77. The Morgan fingerprint density at radius 2 is 0.877 bits per heavy atom. The number of pyridine rings is 1. The Bertz CT molecular complexity index is 6790. The summed E-state index contributed by atoms with van der Waals surface area (Å²) in [7, 11) is 3.42. The predicted octanol–water partition coefficient (Wildman–Crippen LogP) is 23.1. The lowest BCUT2D eigenvalue weighted by molar-refractivity contribution is -0.0318. The van der Waals surface area contributed by atoms with Gasteiger partial charge in [0, 0.05) is 193 Å². The molecule has 2 aliphatic carbocycles. The standard InChI is InChI=1S/C31H37ClN4O2.C29H41N5O3.C29H32N4O.C23H25N5O/c1-6-38-26-13-14-27(28(19-26)37-5)36-21(3)29-20(2)33-34-31(30(29)22(36)4)35-17-15-24(16-18-35)8-7-23-9-11-25(32)12-10-23;1-6-37-23-10-11-24(25(18-23)35-5)34-21(3)26-20(2)31-32-28(27(26)22(34)4)30-19-29(12-8-7-9-13-29)33-14-16-36-17-15-33;1-5-34-24-14-12-23(13-15-24)33-19(3)27-18(2)30-31-29(28(27)20(33)4)32-16-22-11-10-21-8-6-7-9-25(21)26(22)17-32;1-5-29-20-8-6-19(7-9-20)28-16(3)21-15(2)26-27-23(22(21)17(28)4)25-14-18-10-12-24-13-11-18/h9-14,19,24H,6-8,15-18H2,1-5H3;10-11,18H,6-9,12-17,19H2,1-5H3,(H,30,32);6-9,12-15,22,26H,5,10-11,16-17H2,1-4H3;6-13H,5,14H2,1-4H3,(H,25,27)/t;;22-,26+;/m..0./s1. The van der Waals surface area contributed by atoms with E-state index < -0.39 is 0 Å². The van der Waals surface area contributed by atoms with Gasteiger partial charge < -0.3 is 71.9 Å². The van der Waals surface area contributed by atoms with Crippen LogP contribution in [0.4, 0.5) is 23.3 Å². The highest BCUT2D eigenvalue weighted by atomic mass is 35.5. The zero-order chi connectivity index (χ0) is 96.6. The summed E-state index contributed by atoms with van der Waals surface area (Å²) in [6.07, 6.45) is 17.0. The first-order valence-corrected chi connectivity index (χ1v) is 49.9. The summed E-state index contributed by atoms with van der Waals surface area (Å²) in [5.41, 5.74) is 23.0. The molecule has 722 valence electrons. The maximum atomic E-state index is 6.05. The van der Waals surface area contributed by atoms with E-state index in [2.05, 4.69) is 226 Å². The van der Waals surface area contributed by atoms with Crippen molar-refractivity contribution in [1.29, 1.82) is 0 Å². The number of aromatic nitrogens is 13. The predicted molar refractivity (Wildman–Crippen MR) is 556 cm³/mol. The second-order valence-corrected chi connectivity index (χ2v) is 37.9. The summed E-state index contributed by atoms with van der Waals surface area (Å²) in [6.45, 7) is 45.3. The third kappa shape index (κ3) is 19.7. The van der Waals surface area contributed by atoms with Crippen molar-refractivity contribution in [2.75, 3.05) is 120 Å². The number of fused-ring (bicyclic) bond motifs is 7. The average molecular weight is 1880 g/mol. The summed E-state index contributed by atoms with van der Waals surface area (Å²) in [6, 6.07) is 49.9. The molecule has 0 bridgehead atoms. The molecule has 26 heteroatoms. The lowest BCUT2D eigenvalue weighted by Crippen LogP contribution is -2.58. The number of aryl methyl sites for hydroxylation is 14. The normalized spacial score (nSPS) is 15.9. The van der Waals surface area contributed by atoms with Gasteiger partial charge in [-0.1, -0.05) is 67.3 Å². The van der Waals surface area contributed by atoms with Crippen molar-refractivity contribution in [1.82, 2.24) is 68.9 Å². The van der Waals surface area contributed by atoms with Crippen LogP contribution in [0.25, 0.3) is 65.8 Å². The minimum Gasteiger partial charge on any atom is -0.494 e. The Balaban J connectivity index is 0.000000128. The number of halogens is 1. The summed E-state index contributed by atoms with van der Waals surface area (Å²) in [4.78, 5) is 11.7. The zero-order valence-corrected chi connectivity index (χ0v) is 84.6. The van der Waals surface area contributed by atoms with E-state index in [-0.39, 0.29) is 5.54 Å². The molecule has 20 rings (SSSR count). The van der Waals surface area contributed by atoms with Crippen molar-refractivity contribution in [2.24, 2.45) is 11.8 Å². The van der Waals surface area contributed by atoms with Gasteiger partial charge in [-0.15, -0.1) is 20.4 Å². The number of hydrogen-bond acceptors (Lipinski definition) is 21. The fourth-order valence-electron chi connectivity index (χ4n) is 22.6. The van der Waals surface area contributed by atoms with Crippen molar-refractivity contribution >= 4 is 78.0 Å². The second kappa shape index (κ2) is 43.0. The van der Waals surface area contributed by atoms with Gasteiger partial charge >= 0.3 is 0 Å². The maximum absolute atomic E-state index is 6.05. The first kappa shape index (κ1) is 96.8. The van der Waals surface area contributed by atoms with Crippen LogP contribution in [0.1, 0.15) is 182 Å². The van der Waals surface area contributed by atoms with Gasteiger partial charge in [0.1, 0.15) is 34.5 Å². The molecule has 0 spiro atoms. The van der Waals surface area contributed by atoms with Gasteiger partial charge in [0.15, 0.2) is 23.3 Å². The zero-order valence-electron chi connectivity index (χ0n) is 83.8. The Hall–Kier alpha value is -12.8. The van der Waals surface area contributed by atoms with Gasteiger partial charge in [0.05, 0.1) is 88.0 Å². The van der Waals surface area contributed by atoms with Crippen LogP contribution in [0.3, 0.4) is 0 Å². The van der Waals surface area contributed by atoms with Gasteiger partial charge in [-0.05, 0) is 293 Å². The van der Waals surface area contributed by atoms with E-state index in [9.17, 15) is 0 Å². The van der Waals surface area contributed by atoms with Crippen molar-refractivity contribution in [2.45, 2.75) is 199 Å². The van der Waals surface area contributed by atoms with E-state index in [1.807, 2.05) is 109 Å². The minimum atomic E-state index is 0.144. The van der Waals surface area contributed by atoms with Crippen LogP contribution in [0.5, 0.6) is 34.5 Å². The molecule has 2 N–H and O–H groups in total. The first-order chi connectivity index (χ1) is 67.1. The van der Waals surface area contributed by atoms with Crippen molar-refractivity contribution in [3.05, 3.63) is 254 Å². The smallest absolute Gasteiger partial charge is 0.161 e. The quantitative estimate of drug-likeness (QED) is 0.0513. The molecular weight excluding hydrogens is 1740 g/mol. The van der Waals surface area contributed by atoms with Crippen LogP contribution in [0.2, 0.25) is 5.02 Å². The number of piperidine rings is 1. The maximum Gasteiger partial charge on any atom is 0.161 e. The fourth-order valence-corrected chi connectivity index (χ4v) is 22.8. The Morgan fingerprint density at radius 1 is 0.428 bits per heavy atom. The van der Waals surface area contributed by atoms with Crippen LogP contribution in [-0.2, 0) is 24.1 Å². The molecule has 1 saturated carbocycles. The van der Waals surface area contributed by atoms with Gasteiger partial charge in [-0.25, -0.2) is 0 Å². The van der Waals surface area contributed by atoms with E-state index in [1.165, 1.54) is 101 Å². The Labute approximate surface area is 817 Å². The van der Waals surface area contributed by atoms with E-state index >= 15 is 0 Å². The van der Waals surface area contributed by atoms with Crippen LogP contribution in [0, 0.1) is 94.9 Å². The SMILES string of the molecule is CCOc1ccc(-n2c(C)c3c(C)nnc(N4CCC(CCc5ccc(Cl)cc5)CC4)c3c2C)c(OC)c1.CCOc1ccc(-n2c(C)c3c(C)nnc(N4C[C@@H]5CCc6ccccc6[C@@H]5C4)c3c2C)cc1.CCOc1ccc(-n2c(C)c3c(C)nnc(NCC4(N5CCOCC5)CCCCC4)c3c2C)c(OC)c1.CCOc1ccc(-n2c(C)c3c(C)nnc(NCc4ccncc4)c3c2C)cc1. The van der Waals surface area contributed by atoms with Gasteiger partial charge in [0.25, 0.3) is 0 Å². The lowest BCUT2D eigenvalue weighted by Gasteiger charge is -2.48. The number of methoxy groups -OCH3 is 2. The number of anilines is 4. The second-order valence-electron chi connectivity index (χ2n) is 37.4. The number of nitrogens with one attached hydrogen (secondary N) is 2. The van der Waals surface area contributed by atoms with Gasteiger partial charge in [0.2, 0.25) is 0 Å². The first-order valence-electron chi connectivity index (χ1n) is 49.6. The Kier molecular flexibility index (Phi) is 30.2. The Morgan fingerprint density at radius 3 is 1.40 bits per heavy atom. The molecule has 25 nitrogen and oxygen atoms in total. The minimum absolute atomic E-state index is 0.144. The fraction of sp³-hybridized carbons (Fsp3) is 0.420. The number of hydrogen-bond donors (Lipinski definition) is 2. The highest BCUT2D eigenvalue weighted by Crippen LogP contribution is 2.48. The highest BCUT2D eigenvalue weighted by molar-refractivity contribution is 6.30. The number of ether oxygens (including phenoxy) is 7. The van der Waals surface area contributed by atoms with Gasteiger partial charge in [-0.2, -0.15) is 20.4 Å². The van der Waals surface area contributed by atoms with Crippen molar-refractivity contribution in [3.8, 4) is 57.2 Å². The summed E-state index contributed by atoms with van der Waals surface area (Å²) < 4.78 is 49.1. The molecule has 12 heterocycles. The molecule has 0 unspecified atom stereocenters. The molecule has 9 aromatic heterocycles. The third-order valence-electron chi connectivity index (χ3n) is 29.3. The van der Waals surface area contributed by atoms with Crippen LogP contribution in [-0.4, -0.2) is 174 Å². The van der Waals surface area contributed by atoms with E-state index in [4.69, 9.17) is 55.0 Å². The molecule has 4 fully saturated rings. The van der Waals surface area contributed by atoms with Gasteiger partial charge in [-0.3, -0.25) is 9.88 Å². The summed E-state index contributed by atoms with van der Waals surface area (Å²) in [5.74, 6) is 10.6. The molecule has 3 saturated heterocycles. The molecule has 5 aliphatic rings. The largest absolute Gasteiger partial charge is 0.494 e. The molecule has 3 aliphatic heterocycles. The van der Waals surface area contributed by atoms with E-state index in [0.29, 0.717) is 44.8 Å². The summed E-state index contributed by atoms with van der Waals surface area (Å²) >= 11 is 6.05. The third-order valence-corrected chi connectivity index (χ3v) is 29.5. The highest BCUT2D eigenvalue weighted by Gasteiger charge is 2.42. The topological polar surface area (TPSA) is 234 Å². The molecule has 0 amide bonds. The molecule has 0 radical (unpaired) electrons.